The largest absolute Gasteiger partial charge is 0.478 e. The Hall–Kier alpha value is -1.22. The van der Waals surface area contributed by atoms with Crippen molar-refractivity contribution in [2.75, 3.05) is 12.0 Å². The minimum atomic E-state index is -3.34. The lowest BCUT2D eigenvalue weighted by Crippen LogP contribution is -2.12. The zero-order valence-electron chi connectivity index (χ0n) is 9.10. The number of aromatic nitrogens is 2. The average Bonchev–Trinajstić information content (AvgIpc) is 2.51. The molecule has 1 N–H and O–H groups in total. The zero-order chi connectivity index (χ0) is 14.1. The number of aromatic carboxylic acids is 1. The van der Waals surface area contributed by atoms with Gasteiger partial charge in [0.25, 0.3) is 6.43 Å². The molecule has 0 aliphatic carbocycles. The van der Waals surface area contributed by atoms with E-state index in [9.17, 15) is 22.0 Å². The van der Waals surface area contributed by atoms with E-state index in [0.717, 1.165) is 10.9 Å². The zero-order valence-corrected chi connectivity index (χ0v) is 10.7. The number of aryl methyl sites for hydroxylation is 1. The molecule has 18 heavy (non-hydrogen) atoms. The quantitative estimate of drug-likeness (QED) is 0.883. The van der Waals surface area contributed by atoms with E-state index < -0.39 is 38.6 Å². The molecule has 0 fully saturated rings. The minimum Gasteiger partial charge on any atom is -0.478 e. The molecule has 10 heteroatoms. The predicted molar refractivity (Wildman–Crippen MR) is 58.9 cm³/mol. The third-order valence-corrected chi connectivity index (χ3v) is 3.32. The maximum absolute atomic E-state index is 12.5. The van der Waals surface area contributed by atoms with Gasteiger partial charge in [-0.1, -0.05) is 11.6 Å². The van der Waals surface area contributed by atoms with Crippen LogP contribution in [0, 0.1) is 0 Å². The first-order valence-electron chi connectivity index (χ1n) is 4.59. The van der Waals surface area contributed by atoms with Crippen molar-refractivity contribution in [1.29, 1.82) is 0 Å². The van der Waals surface area contributed by atoms with Gasteiger partial charge >= 0.3 is 5.97 Å². The standard InChI is InChI=1S/C8H9ClF2N2O4S/c1-18(16,17)3-2-13-6(9)4(8(14)15)5(12-13)7(10)11/h7H,2-3H2,1H3,(H,14,15). The van der Waals surface area contributed by atoms with Gasteiger partial charge in [-0.2, -0.15) is 5.10 Å². The van der Waals surface area contributed by atoms with Crippen LogP contribution < -0.4 is 0 Å². The lowest BCUT2D eigenvalue weighted by Gasteiger charge is -2.01. The van der Waals surface area contributed by atoms with E-state index in [1.807, 2.05) is 0 Å². The highest BCUT2D eigenvalue weighted by Gasteiger charge is 2.28. The van der Waals surface area contributed by atoms with Crippen molar-refractivity contribution in [1.82, 2.24) is 9.78 Å². The Bertz CT molecular complexity index is 570. The summed E-state index contributed by atoms with van der Waals surface area (Å²) in [5.74, 6) is -2.02. The highest BCUT2D eigenvalue weighted by molar-refractivity contribution is 7.90. The number of halogens is 3. The first kappa shape index (κ1) is 14.8. The normalized spacial score (nSPS) is 12.1. The molecule has 0 aliphatic rings. The summed E-state index contributed by atoms with van der Waals surface area (Å²) < 4.78 is 47.7. The maximum Gasteiger partial charge on any atom is 0.341 e. The Balaban J connectivity index is 3.15. The lowest BCUT2D eigenvalue weighted by atomic mass is 10.2. The fourth-order valence-electron chi connectivity index (χ4n) is 1.21. The molecule has 0 unspecified atom stereocenters. The molecule has 0 amide bonds. The maximum atomic E-state index is 12.5. The predicted octanol–water partition coefficient (Wildman–Crippen LogP) is 1.22. The summed E-state index contributed by atoms with van der Waals surface area (Å²) in [6.07, 6.45) is -2.15. The minimum absolute atomic E-state index is 0.287. The summed E-state index contributed by atoms with van der Waals surface area (Å²) >= 11 is 5.59. The van der Waals surface area contributed by atoms with E-state index in [2.05, 4.69) is 5.10 Å². The van der Waals surface area contributed by atoms with Crippen LogP contribution >= 0.6 is 11.6 Å². The number of carboxylic acids is 1. The molecule has 1 rings (SSSR count). The van der Waals surface area contributed by atoms with Crippen LogP contribution in [0.4, 0.5) is 8.78 Å². The number of sulfone groups is 1. The summed E-state index contributed by atoms with van der Waals surface area (Å²) in [7, 11) is -3.34. The fourth-order valence-corrected chi connectivity index (χ4v) is 2.01. The monoisotopic (exact) mass is 302 g/mol. The van der Waals surface area contributed by atoms with Crippen LogP contribution in [0.25, 0.3) is 0 Å². The smallest absolute Gasteiger partial charge is 0.341 e. The molecule has 102 valence electrons. The number of nitrogens with zero attached hydrogens (tertiary/aromatic N) is 2. The summed E-state index contributed by atoms with van der Waals surface area (Å²) in [5, 5.41) is 11.6. The van der Waals surface area contributed by atoms with Crippen molar-refractivity contribution in [3.05, 3.63) is 16.4 Å². The Morgan fingerprint density at radius 1 is 1.56 bits per heavy atom. The molecule has 1 aromatic heterocycles. The molecule has 0 aliphatic heterocycles. The van der Waals surface area contributed by atoms with Gasteiger partial charge < -0.3 is 5.11 Å². The fraction of sp³-hybridized carbons (Fsp3) is 0.500. The molecule has 0 saturated carbocycles. The van der Waals surface area contributed by atoms with Crippen LogP contribution in [-0.2, 0) is 16.4 Å². The van der Waals surface area contributed by atoms with Gasteiger partial charge in [0.15, 0.2) is 0 Å². The molecular formula is C8H9ClF2N2O4S. The molecule has 6 nitrogen and oxygen atoms in total. The van der Waals surface area contributed by atoms with E-state index in [-0.39, 0.29) is 12.3 Å². The van der Waals surface area contributed by atoms with E-state index in [1.54, 1.807) is 0 Å². The molecular weight excluding hydrogens is 294 g/mol. The van der Waals surface area contributed by atoms with Crippen LogP contribution in [0.5, 0.6) is 0 Å². The number of hydrogen-bond donors (Lipinski definition) is 1. The Morgan fingerprint density at radius 2 is 2.11 bits per heavy atom. The van der Waals surface area contributed by atoms with Crippen molar-refractivity contribution in [2.24, 2.45) is 0 Å². The summed E-state index contributed by atoms with van der Waals surface area (Å²) in [6, 6.07) is 0. The van der Waals surface area contributed by atoms with Crippen molar-refractivity contribution in [3.8, 4) is 0 Å². The number of carbonyl (C=O) groups is 1. The molecule has 0 radical (unpaired) electrons. The Morgan fingerprint density at radius 3 is 2.44 bits per heavy atom. The van der Waals surface area contributed by atoms with Gasteiger partial charge in [0.2, 0.25) is 0 Å². The van der Waals surface area contributed by atoms with Crippen molar-refractivity contribution < 1.29 is 27.1 Å². The van der Waals surface area contributed by atoms with Gasteiger partial charge in [-0.15, -0.1) is 0 Å². The topological polar surface area (TPSA) is 89.3 Å². The average molecular weight is 303 g/mol. The van der Waals surface area contributed by atoms with Crippen molar-refractivity contribution in [3.63, 3.8) is 0 Å². The molecule has 1 heterocycles. The van der Waals surface area contributed by atoms with Gasteiger partial charge in [0.1, 0.15) is 26.2 Å². The molecule has 0 spiro atoms. The first-order chi connectivity index (χ1) is 8.13. The molecule has 1 aromatic rings. The second-order valence-electron chi connectivity index (χ2n) is 3.51. The molecule has 0 bridgehead atoms. The van der Waals surface area contributed by atoms with E-state index in [4.69, 9.17) is 16.7 Å². The van der Waals surface area contributed by atoms with Gasteiger partial charge in [-0.05, 0) is 0 Å². The van der Waals surface area contributed by atoms with Crippen molar-refractivity contribution in [2.45, 2.75) is 13.0 Å². The van der Waals surface area contributed by atoms with Crippen LogP contribution in [-0.4, -0.2) is 41.3 Å². The number of rotatable bonds is 5. The summed E-state index contributed by atoms with van der Waals surface area (Å²) in [4.78, 5) is 10.8. The van der Waals surface area contributed by atoms with Crippen LogP contribution in [0.15, 0.2) is 0 Å². The van der Waals surface area contributed by atoms with Gasteiger partial charge in [0.05, 0.1) is 12.3 Å². The number of alkyl halides is 2. The van der Waals surface area contributed by atoms with Gasteiger partial charge in [0, 0.05) is 6.26 Å². The van der Waals surface area contributed by atoms with E-state index >= 15 is 0 Å². The van der Waals surface area contributed by atoms with E-state index in [0.29, 0.717) is 0 Å². The van der Waals surface area contributed by atoms with Gasteiger partial charge in [-0.25, -0.2) is 22.0 Å². The van der Waals surface area contributed by atoms with Crippen LogP contribution in [0.2, 0.25) is 5.15 Å². The van der Waals surface area contributed by atoms with Crippen molar-refractivity contribution >= 4 is 27.4 Å². The van der Waals surface area contributed by atoms with Crippen LogP contribution in [0.1, 0.15) is 22.5 Å². The van der Waals surface area contributed by atoms with Crippen LogP contribution in [0.3, 0.4) is 0 Å². The third-order valence-electron chi connectivity index (χ3n) is 2.01. The second-order valence-corrected chi connectivity index (χ2v) is 6.13. The molecule has 0 saturated heterocycles. The second kappa shape index (κ2) is 5.19. The third kappa shape index (κ3) is 3.39. The SMILES string of the molecule is CS(=O)(=O)CCn1nc(C(F)F)c(C(=O)O)c1Cl. The summed E-state index contributed by atoms with van der Waals surface area (Å²) in [6.45, 7) is -0.287. The first-order valence-corrected chi connectivity index (χ1v) is 7.02. The highest BCUT2D eigenvalue weighted by Crippen LogP contribution is 2.27. The lowest BCUT2D eigenvalue weighted by molar-refractivity contribution is 0.0684. The molecule has 0 aromatic carbocycles. The van der Waals surface area contributed by atoms with E-state index in [1.165, 1.54) is 0 Å². The highest BCUT2D eigenvalue weighted by atomic mass is 35.5. The van der Waals surface area contributed by atoms with Gasteiger partial charge in [-0.3, -0.25) is 4.68 Å². The Kier molecular flexibility index (Phi) is 4.28. The number of carboxylic acid groups (broad SMARTS) is 1. The summed E-state index contributed by atoms with van der Waals surface area (Å²) in [5.41, 5.74) is -1.78. The number of hydrogen-bond acceptors (Lipinski definition) is 4. The molecule has 0 atom stereocenters. The Labute approximate surface area is 106 Å².